The van der Waals surface area contributed by atoms with E-state index < -0.39 is 12.1 Å². The van der Waals surface area contributed by atoms with E-state index in [1.807, 2.05) is 6.07 Å². The highest BCUT2D eigenvalue weighted by atomic mass is 35.5. The lowest BCUT2D eigenvalue weighted by molar-refractivity contribution is -0.138. The van der Waals surface area contributed by atoms with E-state index in [4.69, 9.17) is 22.1 Å². The lowest BCUT2D eigenvalue weighted by Crippen LogP contribution is -2.31. The minimum Gasteiger partial charge on any atom is -0.444 e. The second kappa shape index (κ2) is 7.15. The lowest BCUT2D eigenvalue weighted by atomic mass is 10.1. The van der Waals surface area contributed by atoms with Gasteiger partial charge in [0, 0.05) is 19.7 Å². The number of nitrogens with two attached hydrogens (primary N) is 1. The summed E-state index contributed by atoms with van der Waals surface area (Å²) in [7, 11) is 3.19. The molecule has 0 spiro atoms. The Morgan fingerprint density at radius 1 is 1.09 bits per heavy atom. The third kappa shape index (κ3) is 3.81. The number of benzene rings is 2. The van der Waals surface area contributed by atoms with E-state index in [0.717, 1.165) is 0 Å². The molecule has 2 aromatic carbocycles. The molecule has 0 saturated carbocycles. The van der Waals surface area contributed by atoms with E-state index in [9.17, 15) is 9.59 Å². The first kappa shape index (κ1) is 16.8. The number of likely N-dealkylation sites (N-methyl/N-ethyl adjacent to an activating group) is 1. The van der Waals surface area contributed by atoms with Gasteiger partial charge in [-0.25, -0.2) is 4.79 Å². The molecule has 2 rings (SSSR count). The molecule has 1 unspecified atom stereocenters. The van der Waals surface area contributed by atoms with Crippen molar-refractivity contribution in [2.24, 2.45) is 0 Å². The molecule has 5 nitrogen and oxygen atoms in total. The van der Waals surface area contributed by atoms with E-state index in [1.54, 1.807) is 50.5 Å². The maximum Gasteiger partial charge on any atom is 0.341 e. The number of carbonyl (C=O) groups is 2. The van der Waals surface area contributed by atoms with Crippen molar-refractivity contribution in [1.29, 1.82) is 0 Å². The molecule has 1 atom stereocenters. The average molecular weight is 333 g/mol. The van der Waals surface area contributed by atoms with Gasteiger partial charge in [0.05, 0.1) is 16.3 Å². The van der Waals surface area contributed by atoms with Crippen molar-refractivity contribution < 1.29 is 14.3 Å². The predicted molar refractivity (Wildman–Crippen MR) is 89.2 cm³/mol. The van der Waals surface area contributed by atoms with Crippen LogP contribution in [-0.2, 0) is 9.53 Å². The van der Waals surface area contributed by atoms with E-state index in [2.05, 4.69) is 0 Å². The number of esters is 1. The van der Waals surface area contributed by atoms with E-state index in [-0.39, 0.29) is 22.2 Å². The summed E-state index contributed by atoms with van der Waals surface area (Å²) in [6, 6.07) is 13.5. The highest BCUT2D eigenvalue weighted by Crippen LogP contribution is 2.26. The number of rotatable bonds is 4. The Hall–Kier alpha value is -2.53. The molecule has 23 heavy (non-hydrogen) atoms. The standard InChI is InChI=1S/C17H17ClN2O3/c1-20(2)16(21)15(11-7-4-3-5-8-11)23-17(22)12-9-6-10-13(18)14(12)19/h3-10,15H,19H2,1-2H3. The van der Waals surface area contributed by atoms with Crippen LogP contribution < -0.4 is 5.73 Å². The largest absolute Gasteiger partial charge is 0.444 e. The van der Waals surface area contributed by atoms with E-state index in [1.165, 1.54) is 11.0 Å². The first-order chi connectivity index (χ1) is 10.9. The van der Waals surface area contributed by atoms with Crippen molar-refractivity contribution in [1.82, 2.24) is 4.90 Å². The van der Waals surface area contributed by atoms with Crippen LogP contribution in [0.25, 0.3) is 0 Å². The van der Waals surface area contributed by atoms with Gasteiger partial charge < -0.3 is 15.4 Å². The zero-order valence-corrected chi connectivity index (χ0v) is 13.6. The van der Waals surface area contributed by atoms with Crippen LogP contribution in [0.4, 0.5) is 5.69 Å². The van der Waals surface area contributed by atoms with Crippen molar-refractivity contribution in [3.8, 4) is 0 Å². The molecular formula is C17H17ClN2O3. The molecule has 0 bridgehead atoms. The van der Waals surface area contributed by atoms with Gasteiger partial charge in [0.15, 0.2) is 0 Å². The van der Waals surface area contributed by atoms with Crippen LogP contribution in [0.1, 0.15) is 22.0 Å². The van der Waals surface area contributed by atoms with Gasteiger partial charge in [-0.1, -0.05) is 48.0 Å². The fourth-order valence-corrected chi connectivity index (χ4v) is 2.18. The van der Waals surface area contributed by atoms with Crippen molar-refractivity contribution in [2.75, 3.05) is 19.8 Å². The molecule has 0 aliphatic rings. The smallest absolute Gasteiger partial charge is 0.341 e. The Morgan fingerprint density at radius 3 is 2.35 bits per heavy atom. The average Bonchev–Trinajstić information content (AvgIpc) is 2.55. The third-order valence-corrected chi connectivity index (χ3v) is 3.59. The maximum absolute atomic E-state index is 12.4. The first-order valence-electron chi connectivity index (χ1n) is 6.93. The molecule has 2 aromatic rings. The van der Waals surface area contributed by atoms with E-state index in [0.29, 0.717) is 5.56 Å². The van der Waals surface area contributed by atoms with Crippen LogP contribution in [0, 0.1) is 0 Å². The number of hydrogen-bond acceptors (Lipinski definition) is 4. The Kier molecular flexibility index (Phi) is 5.24. The molecule has 2 N–H and O–H groups in total. The molecule has 120 valence electrons. The summed E-state index contributed by atoms with van der Waals surface area (Å²) in [5.74, 6) is -1.04. The Balaban J connectivity index is 2.33. The summed E-state index contributed by atoms with van der Waals surface area (Å²) in [5.41, 5.74) is 6.65. The van der Waals surface area contributed by atoms with Gasteiger partial charge in [-0.15, -0.1) is 0 Å². The van der Waals surface area contributed by atoms with Gasteiger partial charge in [-0.2, -0.15) is 0 Å². The Morgan fingerprint density at radius 2 is 1.74 bits per heavy atom. The molecule has 0 aliphatic carbocycles. The fraction of sp³-hybridized carbons (Fsp3) is 0.176. The van der Waals surface area contributed by atoms with Gasteiger partial charge in [0.1, 0.15) is 0 Å². The zero-order valence-electron chi connectivity index (χ0n) is 12.8. The van der Waals surface area contributed by atoms with Crippen LogP contribution >= 0.6 is 11.6 Å². The number of carbonyl (C=O) groups excluding carboxylic acids is 2. The van der Waals surface area contributed by atoms with Crippen LogP contribution in [-0.4, -0.2) is 30.9 Å². The van der Waals surface area contributed by atoms with Crippen molar-refractivity contribution in [2.45, 2.75) is 6.10 Å². The molecule has 1 amide bonds. The van der Waals surface area contributed by atoms with Crippen LogP contribution in [0.2, 0.25) is 5.02 Å². The summed E-state index contributed by atoms with van der Waals surface area (Å²) in [6.07, 6.45) is -1.04. The minimum atomic E-state index is -1.04. The third-order valence-electron chi connectivity index (χ3n) is 3.27. The summed E-state index contributed by atoms with van der Waals surface area (Å²) < 4.78 is 5.41. The molecule has 0 saturated heterocycles. The first-order valence-corrected chi connectivity index (χ1v) is 7.30. The SMILES string of the molecule is CN(C)C(=O)C(OC(=O)c1cccc(Cl)c1N)c1ccccc1. The number of para-hydroxylation sites is 1. The number of anilines is 1. The van der Waals surface area contributed by atoms with Crippen molar-refractivity contribution in [3.05, 3.63) is 64.7 Å². The maximum atomic E-state index is 12.4. The molecule has 0 radical (unpaired) electrons. The van der Waals surface area contributed by atoms with Gasteiger partial charge in [-0.05, 0) is 12.1 Å². The number of hydrogen-bond donors (Lipinski definition) is 1. The Bertz CT molecular complexity index is 717. The molecule has 0 aliphatic heterocycles. The topological polar surface area (TPSA) is 72.6 Å². The fourth-order valence-electron chi connectivity index (χ4n) is 2.01. The molecule has 0 fully saturated rings. The zero-order chi connectivity index (χ0) is 17.0. The number of ether oxygens (including phenoxy) is 1. The van der Waals surface area contributed by atoms with Gasteiger partial charge in [0.25, 0.3) is 5.91 Å². The molecule has 0 heterocycles. The second-order valence-corrected chi connectivity index (χ2v) is 5.54. The number of halogens is 1. The van der Waals surface area contributed by atoms with Crippen LogP contribution in [0.5, 0.6) is 0 Å². The molecule has 6 heteroatoms. The second-order valence-electron chi connectivity index (χ2n) is 5.13. The summed E-state index contributed by atoms with van der Waals surface area (Å²) in [4.78, 5) is 26.1. The van der Waals surface area contributed by atoms with Gasteiger partial charge in [-0.3, -0.25) is 4.79 Å². The Labute approximate surface area is 139 Å². The van der Waals surface area contributed by atoms with Crippen molar-refractivity contribution in [3.63, 3.8) is 0 Å². The van der Waals surface area contributed by atoms with Gasteiger partial charge in [0.2, 0.25) is 6.10 Å². The normalized spacial score (nSPS) is 11.6. The van der Waals surface area contributed by atoms with Crippen molar-refractivity contribution >= 4 is 29.2 Å². The van der Waals surface area contributed by atoms with E-state index >= 15 is 0 Å². The molecule has 0 aromatic heterocycles. The lowest BCUT2D eigenvalue weighted by Gasteiger charge is -2.21. The number of nitrogens with zero attached hydrogens (tertiary/aromatic N) is 1. The summed E-state index contributed by atoms with van der Waals surface area (Å²) in [5, 5.41) is 0.259. The summed E-state index contributed by atoms with van der Waals surface area (Å²) in [6.45, 7) is 0. The minimum absolute atomic E-state index is 0.128. The highest BCUT2D eigenvalue weighted by Gasteiger charge is 2.27. The predicted octanol–water partition coefficient (Wildman–Crippen LogP) is 2.91. The number of nitrogen functional groups attached to an aromatic ring is 1. The molecular weight excluding hydrogens is 316 g/mol. The van der Waals surface area contributed by atoms with Crippen LogP contribution in [0.3, 0.4) is 0 Å². The monoisotopic (exact) mass is 332 g/mol. The van der Waals surface area contributed by atoms with Gasteiger partial charge >= 0.3 is 5.97 Å². The number of amides is 1. The highest BCUT2D eigenvalue weighted by molar-refractivity contribution is 6.33. The van der Waals surface area contributed by atoms with Crippen LogP contribution in [0.15, 0.2) is 48.5 Å². The summed E-state index contributed by atoms with van der Waals surface area (Å²) >= 11 is 5.92. The quantitative estimate of drug-likeness (QED) is 0.690.